The van der Waals surface area contributed by atoms with Gasteiger partial charge >= 0.3 is 0 Å². The second-order valence-electron chi connectivity index (χ2n) is 6.62. The van der Waals surface area contributed by atoms with Gasteiger partial charge in [-0.1, -0.05) is 60.2 Å². The highest BCUT2D eigenvalue weighted by Gasteiger charge is 2.05. The molecule has 0 fully saturated rings. The van der Waals surface area contributed by atoms with Crippen LogP contribution in [0.4, 0.5) is 5.82 Å². The van der Waals surface area contributed by atoms with Gasteiger partial charge in [-0.05, 0) is 43.0 Å². The van der Waals surface area contributed by atoms with E-state index >= 15 is 0 Å². The van der Waals surface area contributed by atoms with Gasteiger partial charge in [0.25, 0.3) is 5.91 Å². The summed E-state index contributed by atoms with van der Waals surface area (Å²) >= 11 is 0. The Labute approximate surface area is 160 Å². The molecule has 1 heterocycles. The fourth-order valence-electron chi connectivity index (χ4n) is 2.77. The number of nitrogens with one attached hydrogen (secondary N) is 2. The molecule has 0 aliphatic carbocycles. The third-order valence-electron chi connectivity index (χ3n) is 4.39. The molecule has 3 rings (SSSR count). The summed E-state index contributed by atoms with van der Waals surface area (Å²) in [4.78, 5) is 16.5. The summed E-state index contributed by atoms with van der Waals surface area (Å²) in [5.41, 5.74) is 4.31. The molecule has 3 aromatic rings. The molecule has 2 N–H and O–H groups in total. The first-order chi connectivity index (χ1) is 13.2. The first-order valence-corrected chi connectivity index (χ1v) is 9.28. The number of benzene rings is 2. The van der Waals surface area contributed by atoms with Gasteiger partial charge in [0.2, 0.25) is 0 Å². The summed E-state index contributed by atoms with van der Waals surface area (Å²) in [6.45, 7) is 3.43. The second-order valence-corrected chi connectivity index (χ2v) is 6.62. The van der Waals surface area contributed by atoms with E-state index < -0.39 is 0 Å². The third kappa shape index (κ3) is 5.96. The van der Waals surface area contributed by atoms with Crippen molar-refractivity contribution in [3.63, 3.8) is 0 Å². The molecule has 1 aromatic heterocycles. The van der Waals surface area contributed by atoms with Crippen molar-refractivity contribution in [2.75, 3.05) is 11.9 Å². The van der Waals surface area contributed by atoms with E-state index in [2.05, 4.69) is 58.9 Å². The Morgan fingerprint density at radius 3 is 2.41 bits per heavy atom. The lowest BCUT2D eigenvalue weighted by atomic mass is 10.1. The molecule has 4 heteroatoms. The molecular weight excluding hydrogens is 334 g/mol. The van der Waals surface area contributed by atoms with Gasteiger partial charge < -0.3 is 10.6 Å². The van der Waals surface area contributed by atoms with Crippen LogP contribution < -0.4 is 10.6 Å². The van der Waals surface area contributed by atoms with Gasteiger partial charge in [0, 0.05) is 19.3 Å². The summed E-state index contributed by atoms with van der Waals surface area (Å²) < 4.78 is 0. The average molecular weight is 359 g/mol. The van der Waals surface area contributed by atoms with Crippen LogP contribution in [-0.2, 0) is 13.0 Å². The summed E-state index contributed by atoms with van der Waals surface area (Å²) in [6.07, 6.45) is 3.49. The first kappa shape index (κ1) is 18.6. The third-order valence-corrected chi connectivity index (χ3v) is 4.39. The van der Waals surface area contributed by atoms with Crippen LogP contribution in [0.2, 0.25) is 0 Å². The fraction of sp³-hybridized carbons (Fsp3) is 0.217. The molecule has 0 saturated heterocycles. The van der Waals surface area contributed by atoms with Gasteiger partial charge in [0.1, 0.15) is 5.82 Å². The second kappa shape index (κ2) is 9.53. The number of hydrogen-bond acceptors (Lipinski definition) is 3. The van der Waals surface area contributed by atoms with Crippen LogP contribution in [0.1, 0.15) is 33.5 Å². The summed E-state index contributed by atoms with van der Waals surface area (Å²) in [5, 5.41) is 6.23. The Kier molecular flexibility index (Phi) is 6.58. The number of aromatic nitrogens is 1. The van der Waals surface area contributed by atoms with E-state index in [1.165, 1.54) is 16.7 Å². The van der Waals surface area contributed by atoms with Gasteiger partial charge in [0.05, 0.1) is 5.56 Å². The highest BCUT2D eigenvalue weighted by molar-refractivity contribution is 5.94. The highest BCUT2D eigenvalue weighted by atomic mass is 16.1. The van der Waals surface area contributed by atoms with E-state index in [0.717, 1.165) is 18.7 Å². The van der Waals surface area contributed by atoms with Crippen molar-refractivity contribution in [3.8, 4) is 0 Å². The van der Waals surface area contributed by atoms with Gasteiger partial charge in [-0.25, -0.2) is 4.98 Å². The molecule has 27 heavy (non-hydrogen) atoms. The number of pyridine rings is 1. The number of carbonyl (C=O) groups excluding carboxylic acids is 1. The van der Waals surface area contributed by atoms with Gasteiger partial charge in [0.15, 0.2) is 0 Å². The molecular formula is C23H25N3O. The fourth-order valence-corrected chi connectivity index (χ4v) is 2.77. The monoisotopic (exact) mass is 359 g/mol. The SMILES string of the molecule is Cc1ccc(CNc2ccc(C(=O)NCCCc3ccccc3)cn2)cc1. The van der Waals surface area contributed by atoms with Crippen LogP contribution in [0.5, 0.6) is 0 Å². The Balaban J connectivity index is 1.42. The zero-order valence-electron chi connectivity index (χ0n) is 15.6. The molecule has 0 unspecified atom stereocenters. The maximum atomic E-state index is 12.2. The lowest BCUT2D eigenvalue weighted by molar-refractivity contribution is 0.0953. The van der Waals surface area contributed by atoms with Crippen molar-refractivity contribution < 1.29 is 4.79 Å². The topological polar surface area (TPSA) is 54.0 Å². The Hall–Kier alpha value is -3.14. The first-order valence-electron chi connectivity index (χ1n) is 9.28. The number of aryl methyl sites for hydroxylation is 2. The molecule has 0 atom stereocenters. The Morgan fingerprint density at radius 1 is 0.926 bits per heavy atom. The Morgan fingerprint density at radius 2 is 1.70 bits per heavy atom. The number of rotatable bonds is 8. The predicted octanol–water partition coefficient (Wildman–Crippen LogP) is 4.36. The number of amides is 1. The predicted molar refractivity (Wildman–Crippen MR) is 110 cm³/mol. The zero-order chi connectivity index (χ0) is 18.9. The van der Waals surface area contributed by atoms with Crippen LogP contribution in [0.25, 0.3) is 0 Å². The number of nitrogens with zero attached hydrogens (tertiary/aromatic N) is 1. The van der Waals surface area contributed by atoms with Crippen molar-refractivity contribution in [1.82, 2.24) is 10.3 Å². The molecule has 0 spiro atoms. The molecule has 138 valence electrons. The van der Waals surface area contributed by atoms with E-state index in [-0.39, 0.29) is 5.91 Å². The molecule has 0 saturated carbocycles. The Bertz CT molecular complexity index is 843. The zero-order valence-corrected chi connectivity index (χ0v) is 15.6. The van der Waals surface area contributed by atoms with Crippen LogP contribution in [0.15, 0.2) is 72.9 Å². The standard InChI is InChI=1S/C23H25N3O/c1-18-9-11-20(12-10-18)16-25-22-14-13-21(17-26-22)23(27)24-15-5-8-19-6-3-2-4-7-19/h2-4,6-7,9-14,17H,5,8,15-16H2,1H3,(H,24,27)(H,25,26). The smallest absolute Gasteiger partial charge is 0.252 e. The molecule has 2 aromatic carbocycles. The number of hydrogen-bond donors (Lipinski definition) is 2. The van der Waals surface area contributed by atoms with Crippen LogP contribution in [0.3, 0.4) is 0 Å². The minimum Gasteiger partial charge on any atom is -0.366 e. The lowest BCUT2D eigenvalue weighted by Crippen LogP contribution is -2.24. The quantitative estimate of drug-likeness (QED) is 0.588. The molecule has 0 bridgehead atoms. The minimum atomic E-state index is -0.0827. The maximum absolute atomic E-state index is 12.2. The van der Waals surface area contributed by atoms with Crippen molar-refractivity contribution in [2.24, 2.45) is 0 Å². The molecule has 1 amide bonds. The highest BCUT2D eigenvalue weighted by Crippen LogP contribution is 2.09. The van der Waals surface area contributed by atoms with Gasteiger partial charge in [-0.15, -0.1) is 0 Å². The van der Waals surface area contributed by atoms with Gasteiger partial charge in [-0.2, -0.15) is 0 Å². The van der Waals surface area contributed by atoms with Crippen LogP contribution in [0, 0.1) is 6.92 Å². The number of carbonyl (C=O) groups is 1. The molecule has 4 nitrogen and oxygen atoms in total. The molecule has 0 aliphatic heterocycles. The van der Waals surface area contributed by atoms with Crippen molar-refractivity contribution in [3.05, 3.63) is 95.2 Å². The van der Waals surface area contributed by atoms with E-state index in [0.29, 0.717) is 18.7 Å². The lowest BCUT2D eigenvalue weighted by Gasteiger charge is -2.08. The summed E-state index contributed by atoms with van der Waals surface area (Å²) in [5.74, 6) is 0.678. The van der Waals surface area contributed by atoms with Crippen molar-refractivity contribution in [2.45, 2.75) is 26.3 Å². The van der Waals surface area contributed by atoms with Crippen molar-refractivity contribution >= 4 is 11.7 Å². The van der Waals surface area contributed by atoms with E-state index in [9.17, 15) is 4.79 Å². The van der Waals surface area contributed by atoms with Crippen LogP contribution >= 0.6 is 0 Å². The largest absolute Gasteiger partial charge is 0.366 e. The molecule has 0 radical (unpaired) electrons. The molecule has 0 aliphatic rings. The van der Waals surface area contributed by atoms with E-state index in [4.69, 9.17) is 0 Å². The maximum Gasteiger partial charge on any atom is 0.252 e. The van der Waals surface area contributed by atoms with E-state index in [1.807, 2.05) is 24.3 Å². The summed E-state index contributed by atoms with van der Waals surface area (Å²) in [6, 6.07) is 22.3. The van der Waals surface area contributed by atoms with Crippen LogP contribution in [-0.4, -0.2) is 17.4 Å². The van der Waals surface area contributed by atoms with Gasteiger partial charge in [-0.3, -0.25) is 4.79 Å². The summed E-state index contributed by atoms with van der Waals surface area (Å²) in [7, 11) is 0. The average Bonchev–Trinajstić information content (AvgIpc) is 2.72. The minimum absolute atomic E-state index is 0.0827. The van der Waals surface area contributed by atoms with E-state index in [1.54, 1.807) is 12.3 Å². The van der Waals surface area contributed by atoms with Crippen molar-refractivity contribution in [1.29, 1.82) is 0 Å². The number of anilines is 1. The normalized spacial score (nSPS) is 10.4.